The lowest BCUT2D eigenvalue weighted by atomic mass is 9.95. The van der Waals surface area contributed by atoms with Crippen molar-refractivity contribution in [3.8, 4) is 0 Å². The molecule has 27 heavy (non-hydrogen) atoms. The maximum Gasteiger partial charge on any atom is 0.223 e. The molecule has 1 aromatic carbocycles. The highest BCUT2D eigenvalue weighted by Gasteiger charge is 2.32. The molecule has 1 fully saturated rings. The van der Waals surface area contributed by atoms with Gasteiger partial charge in [0, 0.05) is 19.0 Å². The molecule has 7 nitrogen and oxygen atoms in total. The van der Waals surface area contributed by atoms with Gasteiger partial charge in [-0.25, -0.2) is 17.7 Å². The number of amides is 1. The standard InChI is InChI=1S/C19H28N4O3S/c1-4-27(25,26)23-11-9-14(10-12-23)19(24)22-17(13(2)3)18-20-15-7-5-6-8-16(15)21-18/h5-8,13-14,17H,4,9-12H2,1-3H3,(H,20,21)(H,22,24). The van der Waals surface area contributed by atoms with Gasteiger partial charge in [0.15, 0.2) is 0 Å². The van der Waals surface area contributed by atoms with Crippen LogP contribution < -0.4 is 5.32 Å². The van der Waals surface area contributed by atoms with E-state index in [1.54, 1.807) is 6.92 Å². The number of nitrogens with one attached hydrogen (secondary N) is 2. The zero-order valence-electron chi connectivity index (χ0n) is 16.1. The molecule has 1 saturated heterocycles. The average Bonchev–Trinajstić information content (AvgIpc) is 3.09. The van der Waals surface area contributed by atoms with Gasteiger partial charge in [0.25, 0.3) is 0 Å². The summed E-state index contributed by atoms with van der Waals surface area (Å²) in [4.78, 5) is 20.7. The van der Waals surface area contributed by atoms with Gasteiger partial charge in [-0.05, 0) is 37.8 Å². The number of hydrogen-bond acceptors (Lipinski definition) is 4. The fourth-order valence-corrected chi connectivity index (χ4v) is 4.65. The van der Waals surface area contributed by atoms with Gasteiger partial charge in [-0.3, -0.25) is 4.79 Å². The van der Waals surface area contributed by atoms with Gasteiger partial charge in [-0.15, -0.1) is 0 Å². The van der Waals surface area contributed by atoms with E-state index < -0.39 is 10.0 Å². The molecule has 2 heterocycles. The fourth-order valence-electron chi connectivity index (χ4n) is 3.52. The first-order valence-electron chi connectivity index (χ1n) is 9.54. The van der Waals surface area contributed by atoms with Crippen molar-refractivity contribution in [1.82, 2.24) is 19.6 Å². The molecule has 3 rings (SSSR count). The van der Waals surface area contributed by atoms with E-state index in [-0.39, 0.29) is 29.5 Å². The number of H-pyrrole nitrogens is 1. The Bertz CT molecular complexity index is 866. The maximum atomic E-state index is 12.8. The van der Waals surface area contributed by atoms with E-state index in [9.17, 15) is 13.2 Å². The van der Waals surface area contributed by atoms with Crippen molar-refractivity contribution < 1.29 is 13.2 Å². The third-order valence-electron chi connectivity index (χ3n) is 5.25. The van der Waals surface area contributed by atoms with Crippen molar-refractivity contribution in [1.29, 1.82) is 0 Å². The van der Waals surface area contributed by atoms with Gasteiger partial charge in [0.05, 0.1) is 22.8 Å². The first-order chi connectivity index (χ1) is 12.8. The minimum Gasteiger partial charge on any atom is -0.346 e. The minimum absolute atomic E-state index is 0.0253. The van der Waals surface area contributed by atoms with Crippen LogP contribution in [-0.4, -0.2) is 47.4 Å². The van der Waals surface area contributed by atoms with Crippen LogP contribution in [0.25, 0.3) is 11.0 Å². The van der Waals surface area contributed by atoms with Crippen LogP contribution >= 0.6 is 0 Å². The van der Waals surface area contributed by atoms with Gasteiger partial charge in [-0.1, -0.05) is 26.0 Å². The Kier molecular flexibility index (Phi) is 5.86. The zero-order valence-corrected chi connectivity index (χ0v) is 16.9. The quantitative estimate of drug-likeness (QED) is 0.789. The molecule has 1 aliphatic rings. The number of para-hydroxylation sites is 2. The molecule has 1 atom stereocenters. The molecule has 148 valence electrons. The number of piperidine rings is 1. The predicted octanol–water partition coefficient (Wildman–Crippen LogP) is 2.44. The Morgan fingerprint density at radius 3 is 2.56 bits per heavy atom. The summed E-state index contributed by atoms with van der Waals surface area (Å²) in [5.74, 6) is 0.841. The molecule has 8 heteroatoms. The SMILES string of the molecule is CCS(=O)(=O)N1CCC(C(=O)NC(c2nc3ccccc3[nH]2)C(C)C)CC1. The summed E-state index contributed by atoms with van der Waals surface area (Å²) in [5, 5.41) is 3.13. The summed E-state index contributed by atoms with van der Waals surface area (Å²) in [7, 11) is -3.18. The second-order valence-corrected chi connectivity index (χ2v) is 9.70. The first-order valence-corrected chi connectivity index (χ1v) is 11.2. The second kappa shape index (κ2) is 7.98. The summed E-state index contributed by atoms with van der Waals surface area (Å²) < 4.78 is 25.5. The van der Waals surface area contributed by atoms with Gasteiger partial charge >= 0.3 is 0 Å². The van der Waals surface area contributed by atoms with E-state index in [1.165, 1.54) is 4.31 Å². The topological polar surface area (TPSA) is 95.2 Å². The monoisotopic (exact) mass is 392 g/mol. The van der Waals surface area contributed by atoms with E-state index in [0.29, 0.717) is 25.9 Å². The summed E-state index contributed by atoms with van der Waals surface area (Å²) >= 11 is 0. The fraction of sp³-hybridized carbons (Fsp3) is 0.579. The Morgan fingerprint density at radius 1 is 1.30 bits per heavy atom. The number of carbonyl (C=O) groups excluding carboxylic acids is 1. The molecule has 0 spiro atoms. The molecule has 2 N–H and O–H groups in total. The molecule has 0 saturated carbocycles. The van der Waals surface area contributed by atoms with Gasteiger partial charge in [0.2, 0.25) is 15.9 Å². The highest BCUT2D eigenvalue weighted by Crippen LogP contribution is 2.25. The van der Waals surface area contributed by atoms with Crippen molar-refractivity contribution >= 4 is 27.0 Å². The number of carbonyl (C=O) groups is 1. The van der Waals surface area contributed by atoms with Crippen molar-refractivity contribution in [2.45, 2.75) is 39.7 Å². The number of aromatic nitrogens is 2. The van der Waals surface area contributed by atoms with Crippen LogP contribution in [0.5, 0.6) is 0 Å². The van der Waals surface area contributed by atoms with Crippen molar-refractivity contribution in [3.63, 3.8) is 0 Å². The van der Waals surface area contributed by atoms with E-state index in [4.69, 9.17) is 0 Å². The molecule has 1 aliphatic heterocycles. The molecule has 2 aromatic rings. The number of sulfonamides is 1. The number of benzene rings is 1. The molecule has 1 aromatic heterocycles. The van der Waals surface area contributed by atoms with E-state index >= 15 is 0 Å². The highest BCUT2D eigenvalue weighted by atomic mass is 32.2. The summed E-state index contributed by atoms with van der Waals surface area (Å²) in [5.41, 5.74) is 1.83. The number of imidazole rings is 1. The Morgan fingerprint density at radius 2 is 1.96 bits per heavy atom. The molecular formula is C19H28N4O3S. The van der Waals surface area contributed by atoms with E-state index in [1.807, 2.05) is 24.3 Å². The van der Waals surface area contributed by atoms with Crippen LogP contribution in [-0.2, 0) is 14.8 Å². The molecule has 1 amide bonds. The molecule has 0 radical (unpaired) electrons. The highest BCUT2D eigenvalue weighted by molar-refractivity contribution is 7.89. The molecule has 1 unspecified atom stereocenters. The third kappa shape index (κ3) is 4.32. The minimum atomic E-state index is -3.18. The Hall–Kier alpha value is -1.93. The van der Waals surface area contributed by atoms with Gasteiger partial charge < -0.3 is 10.3 Å². The maximum absolute atomic E-state index is 12.8. The van der Waals surface area contributed by atoms with Crippen molar-refractivity contribution in [2.75, 3.05) is 18.8 Å². The van der Waals surface area contributed by atoms with Crippen LogP contribution in [0.15, 0.2) is 24.3 Å². The van der Waals surface area contributed by atoms with Crippen LogP contribution in [0.3, 0.4) is 0 Å². The predicted molar refractivity (Wildman–Crippen MR) is 106 cm³/mol. The summed E-state index contributed by atoms with van der Waals surface area (Å²) in [6.45, 7) is 6.56. The van der Waals surface area contributed by atoms with Crippen LogP contribution in [0.1, 0.15) is 45.5 Å². The molecule has 0 aliphatic carbocycles. The number of hydrogen-bond donors (Lipinski definition) is 2. The van der Waals surface area contributed by atoms with E-state index in [2.05, 4.69) is 29.1 Å². The lowest BCUT2D eigenvalue weighted by molar-refractivity contribution is -0.127. The van der Waals surface area contributed by atoms with E-state index in [0.717, 1.165) is 16.9 Å². The Balaban J connectivity index is 1.68. The first kappa shape index (κ1) is 19.8. The van der Waals surface area contributed by atoms with Crippen molar-refractivity contribution in [3.05, 3.63) is 30.1 Å². The van der Waals surface area contributed by atoms with Crippen LogP contribution in [0.2, 0.25) is 0 Å². The third-order valence-corrected chi connectivity index (χ3v) is 7.13. The van der Waals surface area contributed by atoms with Gasteiger partial charge in [0.1, 0.15) is 5.82 Å². The van der Waals surface area contributed by atoms with Crippen LogP contribution in [0.4, 0.5) is 0 Å². The zero-order chi connectivity index (χ0) is 19.6. The summed E-state index contributed by atoms with van der Waals surface area (Å²) in [6.07, 6.45) is 1.10. The summed E-state index contributed by atoms with van der Waals surface area (Å²) in [6, 6.07) is 7.59. The Labute approximate surface area is 160 Å². The second-order valence-electron chi connectivity index (χ2n) is 7.44. The smallest absolute Gasteiger partial charge is 0.223 e. The normalized spacial score (nSPS) is 18.1. The lowest BCUT2D eigenvalue weighted by Crippen LogP contribution is -2.44. The average molecular weight is 393 g/mol. The number of fused-ring (bicyclic) bond motifs is 1. The number of aromatic amines is 1. The number of rotatable bonds is 6. The number of nitrogens with zero attached hydrogens (tertiary/aromatic N) is 2. The molecular weight excluding hydrogens is 364 g/mol. The lowest BCUT2D eigenvalue weighted by Gasteiger charge is -2.31. The van der Waals surface area contributed by atoms with Crippen molar-refractivity contribution in [2.24, 2.45) is 11.8 Å². The largest absolute Gasteiger partial charge is 0.346 e. The van der Waals surface area contributed by atoms with Gasteiger partial charge in [-0.2, -0.15) is 0 Å². The molecule has 0 bridgehead atoms. The van der Waals surface area contributed by atoms with Crippen LogP contribution in [0, 0.1) is 11.8 Å².